The van der Waals surface area contributed by atoms with Crippen LogP contribution < -0.4 is 11.3 Å². The minimum atomic E-state index is 0.0254. The summed E-state index contributed by atoms with van der Waals surface area (Å²) in [5, 5.41) is 0. The van der Waals surface area contributed by atoms with Gasteiger partial charge in [0.15, 0.2) is 0 Å². The smallest absolute Gasteiger partial charge is 0.256 e. The molecule has 0 bridgehead atoms. The van der Waals surface area contributed by atoms with Crippen molar-refractivity contribution in [1.82, 2.24) is 4.90 Å². The van der Waals surface area contributed by atoms with Crippen LogP contribution in [0.2, 0.25) is 0 Å². The molecule has 1 aliphatic heterocycles. The van der Waals surface area contributed by atoms with Gasteiger partial charge in [-0.1, -0.05) is 30.3 Å². The first-order valence-corrected chi connectivity index (χ1v) is 7.12. The van der Waals surface area contributed by atoms with Crippen molar-refractivity contribution in [3.05, 3.63) is 64.7 Å². The fraction of sp³-hybridized carbons (Fsp3) is 0.235. The summed E-state index contributed by atoms with van der Waals surface area (Å²) in [4.78, 5) is 14.6. The van der Waals surface area contributed by atoms with Crippen LogP contribution in [0.1, 0.15) is 27.0 Å². The quantitative estimate of drug-likeness (QED) is 0.657. The van der Waals surface area contributed by atoms with E-state index in [1.165, 1.54) is 11.1 Å². The molecule has 0 radical (unpaired) electrons. The van der Waals surface area contributed by atoms with Crippen molar-refractivity contribution < 1.29 is 4.79 Å². The molecule has 0 fully saturated rings. The summed E-state index contributed by atoms with van der Waals surface area (Å²) in [5.41, 5.74) is 7.57. The highest BCUT2D eigenvalue weighted by atomic mass is 16.2. The molecular weight excluding hydrogens is 262 g/mol. The average molecular weight is 281 g/mol. The van der Waals surface area contributed by atoms with Crippen molar-refractivity contribution in [1.29, 1.82) is 0 Å². The van der Waals surface area contributed by atoms with Crippen molar-refractivity contribution in [3.63, 3.8) is 0 Å². The zero-order valence-electron chi connectivity index (χ0n) is 12.1. The number of hydrogen-bond acceptors (Lipinski definition) is 3. The van der Waals surface area contributed by atoms with Crippen molar-refractivity contribution in [2.24, 2.45) is 5.84 Å². The predicted molar refractivity (Wildman–Crippen MR) is 83.9 cm³/mol. The molecule has 4 heteroatoms. The Labute approximate surface area is 124 Å². The third-order valence-electron chi connectivity index (χ3n) is 3.98. The largest absolute Gasteiger partial charge is 0.334 e. The van der Waals surface area contributed by atoms with Gasteiger partial charge in [-0.25, -0.2) is 0 Å². The van der Waals surface area contributed by atoms with Gasteiger partial charge in [-0.2, -0.15) is 0 Å². The van der Waals surface area contributed by atoms with E-state index in [-0.39, 0.29) is 5.91 Å². The molecule has 0 unspecified atom stereocenters. The molecule has 21 heavy (non-hydrogen) atoms. The number of hydrogen-bond donors (Lipinski definition) is 2. The fourth-order valence-corrected chi connectivity index (χ4v) is 2.80. The van der Waals surface area contributed by atoms with Gasteiger partial charge >= 0.3 is 0 Å². The van der Waals surface area contributed by atoms with Crippen LogP contribution in [0.25, 0.3) is 0 Å². The Morgan fingerprint density at radius 1 is 1.19 bits per heavy atom. The third-order valence-corrected chi connectivity index (χ3v) is 3.98. The van der Waals surface area contributed by atoms with Crippen LogP contribution in [0, 0.1) is 6.92 Å². The van der Waals surface area contributed by atoms with E-state index in [1.807, 2.05) is 42.2 Å². The first kappa shape index (κ1) is 13.6. The third kappa shape index (κ3) is 2.62. The average Bonchev–Trinajstić information content (AvgIpc) is 2.53. The van der Waals surface area contributed by atoms with Crippen LogP contribution >= 0.6 is 0 Å². The lowest BCUT2D eigenvalue weighted by Crippen LogP contribution is -2.36. The molecule has 108 valence electrons. The summed E-state index contributed by atoms with van der Waals surface area (Å²) >= 11 is 0. The Kier molecular flexibility index (Phi) is 3.62. The van der Waals surface area contributed by atoms with E-state index in [2.05, 4.69) is 17.6 Å². The number of nitrogens with one attached hydrogen (secondary N) is 1. The van der Waals surface area contributed by atoms with E-state index in [0.29, 0.717) is 17.8 Å². The van der Waals surface area contributed by atoms with Crippen LogP contribution in [0.4, 0.5) is 5.69 Å². The van der Waals surface area contributed by atoms with Crippen molar-refractivity contribution in [3.8, 4) is 0 Å². The molecular formula is C17H19N3O. The highest BCUT2D eigenvalue weighted by Crippen LogP contribution is 2.23. The van der Waals surface area contributed by atoms with Crippen molar-refractivity contribution in [2.45, 2.75) is 19.9 Å². The van der Waals surface area contributed by atoms with Crippen molar-refractivity contribution >= 4 is 11.6 Å². The molecule has 0 atom stereocenters. The maximum absolute atomic E-state index is 12.7. The van der Waals surface area contributed by atoms with Crippen LogP contribution in [0.5, 0.6) is 0 Å². The van der Waals surface area contributed by atoms with Gasteiger partial charge in [-0.05, 0) is 42.2 Å². The fourth-order valence-electron chi connectivity index (χ4n) is 2.80. The summed E-state index contributed by atoms with van der Waals surface area (Å²) in [6, 6.07) is 14.0. The molecule has 1 heterocycles. The Balaban J connectivity index is 1.87. The van der Waals surface area contributed by atoms with Gasteiger partial charge in [0.25, 0.3) is 5.91 Å². The maximum Gasteiger partial charge on any atom is 0.256 e. The number of carbonyl (C=O) groups excluding carboxylic acids is 1. The molecule has 0 saturated carbocycles. The Morgan fingerprint density at radius 2 is 1.95 bits per heavy atom. The summed E-state index contributed by atoms with van der Waals surface area (Å²) in [6.07, 6.45) is 0.902. The Bertz CT molecular complexity index is 681. The topological polar surface area (TPSA) is 58.4 Å². The standard InChI is InChI=1S/C17H19N3O/c1-12-6-7-15(16(10-12)19-18)17(21)20-9-8-13-4-2-3-5-14(13)11-20/h2-7,10,19H,8-9,11,18H2,1H3. The van der Waals surface area contributed by atoms with Crippen molar-refractivity contribution in [2.75, 3.05) is 12.0 Å². The second-order valence-electron chi connectivity index (χ2n) is 5.44. The van der Waals surface area contributed by atoms with E-state index < -0.39 is 0 Å². The van der Waals surface area contributed by atoms with E-state index in [1.54, 1.807) is 0 Å². The summed E-state index contributed by atoms with van der Waals surface area (Å²) in [7, 11) is 0. The van der Waals surface area contributed by atoms with E-state index >= 15 is 0 Å². The molecule has 0 aromatic heterocycles. The van der Waals surface area contributed by atoms with Gasteiger partial charge in [-0.3, -0.25) is 10.6 Å². The second kappa shape index (κ2) is 5.58. The van der Waals surface area contributed by atoms with Crippen LogP contribution in [0.3, 0.4) is 0 Å². The normalized spacial score (nSPS) is 13.7. The Hall–Kier alpha value is -2.33. The molecule has 4 nitrogen and oxygen atoms in total. The molecule has 2 aromatic rings. The lowest BCUT2D eigenvalue weighted by atomic mass is 9.99. The van der Waals surface area contributed by atoms with Gasteiger partial charge in [0.05, 0.1) is 11.3 Å². The van der Waals surface area contributed by atoms with E-state index in [4.69, 9.17) is 5.84 Å². The molecule has 1 amide bonds. The molecule has 3 N–H and O–H groups in total. The number of fused-ring (bicyclic) bond motifs is 1. The van der Waals surface area contributed by atoms with Gasteiger partial charge in [0.2, 0.25) is 0 Å². The number of rotatable bonds is 2. The van der Waals surface area contributed by atoms with Gasteiger partial charge in [-0.15, -0.1) is 0 Å². The highest BCUT2D eigenvalue weighted by molar-refractivity contribution is 5.99. The number of nitrogens with zero attached hydrogens (tertiary/aromatic N) is 1. The molecule has 0 aliphatic carbocycles. The summed E-state index contributed by atoms with van der Waals surface area (Å²) in [6.45, 7) is 3.38. The number of anilines is 1. The molecule has 2 aromatic carbocycles. The predicted octanol–water partition coefficient (Wildman–Crippen LogP) is 2.48. The lowest BCUT2D eigenvalue weighted by molar-refractivity contribution is 0.0735. The molecule has 0 saturated heterocycles. The van der Waals surface area contributed by atoms with E-state index in [9.17, 15) is 4.79 Å². The number of carbonyl (C=O) groups is 1. The van der Waals surface area contributed by atoms with Gasteiger partial charge < -0.3 is 10.3 Å². The Morgan fingerprint density at radius 3 is 2.71 bits per heavy atom. The van der Waals surface area contributed by atoms with Crippen LogP contribution in [-0.4, -0.2) is 17.4 Å². The molecule has 1 aliphatic rings. The second-order valence-corrected chi connectivity index (χ2v) is 5.44. The SMILES string of the molecule is Cc1ccc(C(=O)N2CCc3ccccc3C2)c(NN)c1. The van der Waals surface area contributed by atoms with Gasteiger partial charge in [0, 0.05) is 13.1 Å². The minimum Gasteiger partial charge on any atom is -0.334 e. The first-order chi connectivity index (χ1) is 10.2. The zero-order chi connectivity index (χ0) is 14.8. The number of nitrogens with two attached hydrogens (primary N) is 1. The zero-order valence-corrected chi connectivity index (χ0v) is 12.1. The van der Waals surface area contributed by atoms with Gasteiger partial charge in [0.1, 0.15) is 0 Å². The number of benzene rings is 2. The number of nitrogen functional groups attached to an aromatic ring is 1. The molecule has 0 spiro atoms. The minimum absolute atomic E-state index is 0.0254. The maximum atomic E-state index is 12.7. The monoisotopic (exact) mass is 281 g/mol. The van der Waals surface area contributed by atoms with E-state index in [0.717, 1.165) is 18.5 Å². The number of aryl methyl sites for hydroxylation is 1. The summed E-state index contributed by atoms with van der Waals surface area (Å²) < 4.78 is 0. The lowest BCUT2D eigenvalue weighted by Gasteiger charge is -2.29. The first-order valence-electron chi connectivity index (χ1n) is 7.12. The highest BCUT2D eigenvalue weighted by Gasteiger charge is 2.23. The summed E-state index contributed by atoms with van der Waals surface area (Å²) in [5.74, 6) is 5.57. The molecule has 3 rings (SSSR count). The van der Waals surface area contributed by atoms with Crippen LogP contribution in [-0.2, 0) is 13.0 Å². The number of amides is 1. The van der Waals surface area contributed by atoms with Crippen LogP contribution in [0.15, 0.2) is 42.5 Å². The number of hydrazine groups is 1.